The lowest BCUT2D eigenvalue weighted by Crippen LogP contribution is -2.35. The largest absolute Gasteiger partial charge is 0.445 e. The first-order valence-corrected chi connectivity index (χ1v) is 15.7. The van der Waals surface area contributed by atoms with Crippen LogP contribution in [-0.4, -0.2) is 10.4 Å². The van der Waals surface area contributed by atoms with Gasteiger partial charge in [0.1, 0.15) is 0 Å². The number of rotatable bonds is 4. The molecule has 2 atom stereocenters. The highest BCUT2D eigenvalue weighted by molar-refractivity contribution is 7.25. The molecule has 0 saturated heterocycles. The van der Waals surface area contributed by atoms with Gasteiger partial charge in [-0.25, -0.2) is 0 Å². The number of nitrogens with zero attached hydrogens (tertiary/aromatic N) is 3. The van der Waals surface area contributed by atoms with Crippen molar-refractivity contribution in [1.82, 2.24) is 9.88 Å². The third-order valence-corrected chi connectivity index (χ3v) is 9.74. The van der Waals surface area contributed by atoms with Crippen molar-refractivity contribution in [2.45, 2.75) is 12.5 Å². The summed E-state index contributed by atoms with van der Waals surface area (Å²) in [6.45, 7) is 0. The lowest BCUT2D eigenvalue weighted by molar-refractivity contribution is 0.413. The van der Waals surface area contributed by atoms with Crippen LogP contribution in [0.5, 0.6) is 0 Å². The number of hydrogen-bond donors (Lipinski definition) is 1. The van der Waals surface area contributed by atoms with Crippen molar-refractivity contribution in [2.75, 3.05) is 0 Å². The highest BCUT2D eigenvalue weighted by Crippen LogP contribution is 2.43. The zero-order valence-corrected chi connectivity index (χ0v) is 24.6. The summed E-state index contributed by atoms with van der Waals surface area (Å²) in [6.07, 6.45) is -0.603. The summed E-state index contributed by atoms with van der Waals surface area (Å²) in [5, 5.41) is 14.1. The Labute approximate surface area is 258 Å². The Kier molecular flexibility index (Phi) is 5.86. The quantitative estimate of drug-likeness (QED) is 0.220. The molecule has 0 aliphatic carbocycles. The van der Waals surface area contributed by atoms with Gasteiger partial charge in [0.2, 0.25) is 0 Å². The average molecular weight is 584 g/mol. The Hall–Kier alpha value is -5.23. The van der Waals surface area contributed by atoms with Gasteiger partial charge in [0.05, 0.1) is 17.3 Å². The first kappa shape index (κ1) is 25.3. The normalized spacial score (nSPS) is 16.9. The van der Waals surface area contributed by atoms with E-state index in [1.165, 1.54) is 42.1 Å². The van der Waals surface area contributed by atoms with Crippen molar-refractivity contribution in [3.05, 3.63) is 162 Å². The molecule has 6 aromatic carbocycles. The number of fused-ring (bicyclic) bond motifs is 6. The molecule has 3 heterocycles. The van der Waals surface area contributed by atoms with Crippen LogP contribution in [0.4, 0.5) is 0 Å². The monoisotopic (exact) mass is 583 g/mol. The van der Waals surface area contributed by atoms with E-state index < -0.39 is 0 Å². The predicted octanol–water partition coefficient (Wildman–Crippen LogP) is 10.4. The van der Waals surface area contributed by atoms with Gasteiger partial charge >= 0.3 is 0 Å². The van der Waals surface area contributed by atoms with Gasteiger partial charge in [-0.2, -0.15) is 0 Å². The minimum atomic E-state index is -0.363. The molecular formula is C39H27N4S-. The summed E-state index contributed by atoms with van der Waals surface area (Å²) in [6, 6.07) is 51.6. The van der Waals surface area contributed by atoms with Crippen LogP contribution in [0, 0.1) is 0 Å². The van der Waals surface area contributed by atoms with E-state index in [1.807, 2.05) is 35.6 Å². The van der Waals surface area contributed by atoms with Crippen molar-refractivity contribution in [1.29, 1.82) is 0 Å². The third-order valence-electron chi connectivity index (χ3n) is 8.60. The molecule has 0 bridgehead atoms. The van der Waals surface area contributed by atoms with Crippen LogP contribution >= 0.6 is 11.3 Å². The zero-order valence-electron chi connectivity index (χ0n) is 23.8. The number of amidine groups is 1. The predicted molar refractivity (Wildman–Crippen MR) is 185 cm³/mol. The van der Waals surface area contributed by atoms with Crippen LogP contribution in [0.3, 0.4) is 0 Å². The molecule has 0 spiro atoms. The Balaban J connectivity index is 1.30. The molecule has 1 N–H and O–H groups in total. The van der Waals surface area contributed by atoms with Crippen LogP contribution in [0.1, 0.15) is 23.6 Å². The number of nitrogens with one attached hydrogen (secondary N) is 1. The maximum atomic E-state index is 5.29. The van der Waals surface area contributed by atoms with E-state index in [4.69, 9.17) is 10.3 Å². The summed E-state index contributed by atoms with van der Waals surface area (Å²) in [7, 11) is 0. The number of hydrogen-bond acceptors (Lipinski definition) is 3. The van der Waals surface area contributed by atoms with E-state index in [9.17, 15) is 0 Å². The van der Waals surface area contributed by atoms with Gasteiger partial charge in [-0.05, 0) is 52.6 Å². The van der Waals surface area contributed by atoms with Crippen molar-refractivity contribution < 1.29 is 0 Å². The number of benzene rings is 6. The summed E-state index contributed by atoms with van der Waals surface area (Å²) in [5.41, 5.74) is 6.84. The number of thiophene rings is 1. The first-order valence-electron chi connectivity index (χ1n) is 14.9. The van der Waals surface area contributed by atoms with Crippen LogP contribution in [-0.2, 0) is 0 Å². The minimum Gasteiger partial charge on any atom is -0.445 e. The fourth-order valence-corrected chi connectivity index (χ4v) is 7.63. The molecule has 0 radical (unpaired) electrons. The lowest BCUT2D eigenvalue weighted by atomic mass is 10.0. The maximum Gasteiger partial charge on any atom is 0.0934 e. The van der Waals surface area contributed by atoms with Crippen LogP contribution in [0.15, 0.2) is 151 Å². The van der Waals surface area contributed by atoms with Crippen LogP contribution < -0.4 is 5.32 Å². The molecule has 2 unspecified atom stereocenters. The standard InChI is InChI=1S/C39H27N4S/c1-4-12-25(13-5-1)28-20-21-33-30(22-28)31-24-36-32(29-18-10-11-19-35(29)44-36)23-34(31)43(33)39-41-37(26-14-6-2-7-15-26)40-38(42-39)27-16-8-3-9-17-27/h1-24,37,39,41H/q-1. The van der Waals surface area contributed by atoms with Crippen molar-refractivity contribution in [3.63, 3.8) is 0 Å². The number of aliphatic imine (C=N–C) groups is 1. The third kappa shape index (κ3) is 4.13. The Morgan fingerprint density at radius 2 is 1.23 bits per heavy atom. The molecule has 44 heavy (non-hydrogen) atoms. The fourth-order valence-electron chi connectivity index (χ4n) is 6.50. The van der Waals surface area contributed by atoms with Crippen molar-refractivity contribution in [2.24, 2.45) is 4.99 Å². The van der Waals surface area contributed by atoms with Gasteiger partial charge < -0.3 is 14.9 Å². The summed E-state index contributed by atoms with van der Waals surface area (Å²) < 4.78 is 4.98. The summed E-state index contributed by atoms with van der Waals surface area (Å²) in [4.78, 5) is 5.11. The Bertz CT molecular complexity index is 2340. The van der Waals surface area contributed by atoms with Gasteiger partial charge in [-0.3, -0.25) is 5.32 Å². The molecule has 1 aliphatic heterocycles. The smallest absolute Gasteiger partial charge is 0.0934 e. The summed E-state index contributed by atoms with van der Waals surface area (Å²) in [5.74, 6) is 0.751. The van der Waals surface area contributed by atoms with E-state index in [0.29, 0.717) is 0 Å². The fraction of sp³-hybridized carbons (Fsp3) is 0.0513. The van der Waals surface area contributed by atoms with Gasteiger partial charge in [0.15, 0.2) is 0 Å². The van der Waals surface area contributed by atoms with E-state index in [2.05, 4.69) is 131 Å². The maximum absolute atomic E-state index is 5.29. The second-order valence-electron chi connectivity index (χ2n) is 11.2. The molecule has 0 saturated carbocycles. The molecule has 5 heteroatoms. The molecular weight excluding hydrogens is 557 g/mol. The van der Waals surface area contributed by atoms with Crippen LogP contribution in [0.2, 0.25) is 0 Å². The van der Waals surface area contributed by atoms with Crippen molar-refractivity contribution >= 4 is 59.2 Å². The van der Waals surface area contributed by atoms with E-state index >= 15 is 0 Å². The van der Waals surface area contributed by atoms with Gasteiger partial charge in [0.25, 0.3) is 0 Å². The topological polar surface area (TPSA) is 43.4 Å². The van der Waals surface area contributed by atoms with Crippen LogP contribution in [0.25, 0.3) is 58.4 Å². The van der Waals surface area contributed by atoms with E-state index in [0.717, 1.165) is 28.0 Å². The molecule has 0 fully saturated rings. The highest BCUT2D eigenvalue weighted by atomic mass is 32.1. The average Bonchev–Trinajstić information content (AvgIpc) is 3.62. The molecule has 0 amide bonds. The Morgan fingerprint density at radius 3 is 2.02 bits per heavy atom. The molecule has 2 aromatic heterocycles. The van der Waals surface area contributed by atoms with E-state index in [-0.39, 0.29) is 12.5 Å². The second-order valence-corrected chi connectivity index (χ2v) is 12.3. The number of aromatic nitrogens is 1. The van der Waals surface area contributed by atoms with Crippen molar-refractivity contribution in [3.8, 4) is 11.1 Å². The van der Waals surface area contributed by atoms with Gasteiger partial charge in [-0.15, -0.1) is 11.3 Å². The molecule has 4 nitrogen and oxygen atoms in total. The summed E-state index contributed by atoms with van der Waals surface area (Å²) >= 11 is 1.86. The molecule has 8 aromatic rings. The lowest BCUT2D eigenvalue weighted by Gasteiger charge is -2.41. The highest BCUT2D eigenvalue weighted by Gasteiger charge is 2.23. The molecule has 9 rings (SSSR count). The zero-order chi connectivity index (χ0) is 29.0. The van der Waals surface area contributed by atoms with Gasteiger partial charge in [-0.1, -0.05) is 121 Å². The van der Waals surface area contributed by atoms with Gasteiger partial charge in [0, 0.05) is 37.1 Å². The first-order chi connectivity index (χ1) is 21.8. The second kappa shape index (κ2) is 10.2. The molecule has 210 valence electrons. The SMILES string of the molecule is c1ccc(C2=NC(c3ccccc3)NC(n3c4ccc(-c5ccccc5)cc4c4cc5sc6ccccc6c5cc43)[N-]2)cc1. The minimum absolute atomic E-state index is 0.240. The van der Waals surface area contributed by atoms with E-state index in [1.54, 1.807) is 0 Å². The molecule has 1 aliphatic rings. The Morgan fingerprint density at radius 1 is 0.545 bits per heavy atom.